The second kappa shape index (κ2) is 12.2. The number of benzene rings is 3. The van der Waals surface area contributed by atoms with Crippen LogP contribution in [0.15, 0.2) is 60.9 Å². The summed E-state index contributed by atoms with van der Waals surface area (Å²) < 4.78 is 37.9. The number of fused-ring (bicyclic) bond motifs is 3. The third-order valence-corrected chi connectivity index (χ3v) is 10.3. The summed E-state index contributed by atoms with van der Waals surface area (Å²) in [4.78, 5) is 25.9. The van der Waals surface area contributed by atoms with Gasteiger partial charge in [-0.2, -0.15) is 0 Å². The number of aromatic nitrogens is 4. The molecule has 3 atom stereocenters. The minimum absolute atomic E-state index is 0.00315. The van der Waals surface area contributed by atoms with Crippen molar-refractivity contribution in [3.63, 3.8) is 0 Å². The molecule has 1 N–H and O–H groups in total. The summed E-state index contributed by atoms with van der Waals surface area (Å²) in [5.74, 6) is -0.158. The number of carbonyl (C=O) groups is 1. The van der Waals surface area contributed by atoms with E-state index in [9.17, 15) is 9.90 Å². The number of anilines is 1. The van der Waals surface area contributed by atoms with Crippen LogP contribution in [0.25, 0.3) is 11.0 Å². The number of imidazole rings is 2. The van der Waals surface area contributed by atoms with Crippen molar-refractivity contribution in [1.29, 1.82) is 0 Å². The monoisotopic (exact) mass is 706 g/mol. The Morgan fingerprint density at radius 2 is 1.92 bits per heavy atom. The molecular formula is C35H33Cl2FN6O5. The van der Waals surface area contributed by atoms with Gasteiger partial charge in [0.05, 0.1) is 59.2 Å². The minimum atomic E-state index is -1.36. The summed E-state index contributed by atoms with van der Waals surface area (Å²) in [5.41, 5.74) is 2.46. The molecule has 2 fully saturated rings. The Hall–Kier alpha value is -4.36. The van der Waals surface area contributed by atoms with Gasteiger partial charge in [0.2, 0.25) is 0 Å². The van der Waals surface area contributed by atoms with Gasteiger partial charge in [-0.1, -0.05) is 29.3 Å². The number of carboxylic acids is 1. The molecule has 0 unspecified atom stereocenters. The van der Waals surface area contributed by atoms with E-state index in [4.69, 9.17) is 42.4 Å². The molecule has 11 nitrogen and oxygen atoms in total. The number of carboxylic acid groups (broad SMARTS) is 1. The van der Waals surface area contributed by atoms with Crippen LogP contribution in [0.1, 0.15) is 34.5 Å². The van der Waals surface area contributed by atoms with E-state index < -0.39 is 17.6 Å². The number of para-hydroxylation sites is 1. The zero-order valence-corrected chi connectivity index (χ0v) is 28.3. The predicted molar refractivity (Wildman–Crippen MR) is 181 cm³/mol. The van der Waals surface area contributed by atoms with E-state index in [0.29, 0.717) is 78.5 Å². The van der Waals surface area contributed by atoms with Crippen molar-refractivity contribution in [2.45, 2.75) is 51.4 Å². The molecule has 0 spiro atoms. The van der Waals surface area contributed by atoms with E-state index in [1.807, 2.05) is 35.9 Å². The second-order valence-corrected chi connectivity index (χ2v) is 13.5. The van der Waals surface area contributed by atoms with Crippen molar-refractivity contribution in [3.05, 3.63) is 99.6 Å². The zero-order valence-electron chi connectivity index (χ0n) is 26.8. The summed E-state index contributed by atoms with van der Waals surface area (Å²) in [6.07, 6.45) is 3.68. The maximum atomic E-state index is 15.0. The Bertz CT molecular complexity index is 2100. The first-order valence-electron chi connectivity index (χ1n) is 16.0. The number of piperazine rings is 1. The van der Waals surface area contributed by atoms with Crippen LogP contribution in [-0.2, 0) is 30.2 Å². The van der Waals surface area contributed by atoms with Gasteiger partial charge in [0, 0.05) is 50.5 Å². The van der Waals surface area contributed by atoms with Gasteiger partial charge in [-0.25, -0.2) is 19.2 Å². The lowest BCUT2D eigenvalue weighted by Gasteiger charge is -2.44. The van der Waals surface area contributed by atoms with Crippen LogP contribution in [0, 0.1) is 12.7 Å². The molecule has 8 rings (SSSR count). The summed E-state index contributed by atoms with van der Waals surface area (Å²) in [6, 6.07) is 13.3. The van der Waals surface area contributed by atoms with Gasteiger partial charge in [0.25, 0.3) is 5.79 Å². The van der Waals surface area contributed by atoms with Crippen LogP contribution in [0.4, 0.5) is 10.1 Å². The Kier molecular flexibility index (Phi) is 7.94. The Morgan fingerprint density at radius 3 is 2.69 bits per heavy atom. The SMILES string of the molecule is Cc1nccn1CCn1c(CN2CCN(c3cccc4c3O[C@@](C)(c3ccc(Cl)cc3F)O4)[C@@H]3COC[C@@H]32)nc2c(Cl)cc(C(=O)O)cc21. The quantitative estimate of drug-likeness (QED) is 0.204. The highest BCUT2D eigenvalue weighted by atomic mass is 35.5. The Balaban J connectivity index is 1.08. The third-order valence-electron chi connectivity index (χ3n) is 9.77. The zero-order chi connectivity index (χ0) is 34.0. The minimum Gasteiger partial charge on any atom is -0.478 e. The molecule has 2 aromatic heterocycles. The molecule has 0 amide bonds. The Labute approximate surface area is 291 Å². The van der Waals surface area contributed by atoms with Crippen molar-refractivity contribution in [2.24, 2.45) is 0 Å². The number of aryl methyl sites for hydroxylation is 3. The van der Waals surface area contributed by atoms with Crippen molar-refractivity contribution >= 4 is 45.9 Å². The Morgan fingerprint density at radius 1 is 1.08 bits per heavy atom. The van der Waals surface area contributed by atoms with E-state index in [-0.39, 0.29) is 23.2 Å². The summed E-state index contributed by atoms with van der Waals surface area (Å²) >= 11 is 12.6. The number of ether oxygens (including phenoxy) is 3. The van der Waals surface area contributed by atoms with Gasteiger partial charge >= 0.3 is 5.97 Å². The highest BCUT2D eigenvalue weighted by Gasteiger charge is 2.46. The summed E-state index contributed by atoms with van der Waals surface area (Å²) in [7, 11) is 0. The average molecular weight is 708 g/mol. The van der Waals surface area contributed by atoms with E-state index >= 15 is 4.39 Å². The molecular weight excluding hydrogens is 674 g/mol. The molecule has 3 aliphatic rings. The topological polar surface area (TPSA) is 107 Å². The molecule has 49 heavy (non-hydrogen) atoms. The van der Waals surface area contributed by atoms with Crippen molar-refractivity contribution in [1.82, 2.24) is 24.0 Å². The average Bonchev–Trinajstić information content (AvgIpc) is 3.85. The van der Waals surface area contributed by atoms with Gasteiger partial charge in [-0.15, -0.1) is 0 Å². The number of aromatic carboxylic acids is 1. The lowest BCUT2D eigenvalue weighted by Crippen LogP contribution is -2.59. The van der Waals surface area contributed by atoms with Gasteiger partial charge in [0.1, 0.15) is 23.0 Å². The van der Waals surface area contributed by atoms with Gasteiger partial charge in [-0.3, -0.25) is 4.90 Å². The summed E-state index contributed by atoms with van der Waals surface area (Å²) in [5, 5.41) is 10.4. The predicted octanol–water partition coefficient (Wildman–Crippen LogP) is 6.12. The van der Waals surface area contributed by atoms with Crippen molar-refractivity contribution in [3.8, 4) is 11.5 Å². The normalized spacial score (nSPS) is 21.9. The number of rotatable bonds is 8. The number of nitrogens with zero attached hydrogens (tertiary/aromatic N) is 6. The lowest BCUT2D eigenvalue weighted by atomic mass is 10.0. The second-order valence-electron chi connectivity index (χ2n) is 12.7. The number of hydrogen-bond acceptors (Lipinski definition) is 8. The molecule has 0 aliphatic carbocycles. The van der Waals surface area contributed by atoms with Crippen LogP contribution in [0.2, 0.25) is 10.0 Å². The molecule has 0 radical (unpaired) electrons. The van der Waals surface area contributed by atoms with Gasteiger partial charge in [0.15, 0.2) is 11.5 Å². The third kappa shape index (κ3) is 5.56. The fourth-order valence-electron chi connectivity index (χ4n) is 7.30. The van der Waals surface area contributed by atoms with E-state index in [1.54, 1.807) is 31.3 Å². The molecule has 0 saturated carbocycles. The lowest BCUT2D eigenvalue weighted by molar-refractivity contribution is -0.0705. The van der Waals surface area contributed by atoms with Crippen LogP contribution in [-0.4, -0.2) is 73.5 Å². The van der Waals surface area contributed by atoms with Gasteiger partial charge in [-0.05, 0) is 49.4 Å². The smallest absolute Gasteiger partial charge is 0.335 e. The molecule has 254 valence electrons. The largest absolute Gasteiger partial charge is 0.478 e. The molecule has 14 heteroatoms. The maximum Gasteiger partial charge on any atom is 0.335 e. The van der Waals surface area contributed by atoms with Crippen LogP contribution in [0.5, 0.6) is 11.5 Å². The first-order chi connectivity index (χ1) is 23.6. The van der Waals surface area contributed by atoms with Crippen molar-refractivity contribution in [2.75, 3.05) is 31.2 Å². The standard InChI is InChI=1S/C35H33Cl2FN6O5/c1-20-39-8-9-41(20)10-13-44-27-15-21(34(45)46)14-24(37)32(27)40-31(44)17-42-11-12-43(29-19-47-18-28(29)42)26-4-3-5-30-33(26)49-35(2,48-30)23-7-6-22(36)16-25(23)38/h3-9,14-16,28-29H,10-13,17-19H2,1-2H3,(H,45,46)/t28-,29+,35-/m0/s1. The maximum absolute atomic E-state index is 15.0. The highest BCUT2D eigenvalue weighted by molar-refractivity contribution is 6.35. The first kappa shape index (κ1) is 31.9. The molecule has 5 heterocycles. The number of hydrogen-bond donors (Lipinski definition) is 1. The summed E-state index contributed by atoms with van der Waals surface area (Å²) in [6.45, 7) is 7.73. The van der Waals surface area contributed by atoms with Crippen LogP contribution in [0.3, 0.4) is 0 Å². The van der Waals surface area contributed by atoms with E-state index in [1.165, 1.54) is 12.1 Å². The molecule has 2 saturated heterocycles. The van der Waals surface area contributed by atoms with Crippen molar-refractivity contribution < 1.29 is 28.5 Å². The fraction of sp³-hybridized carbons (Fsp3) is 0.343. The van der Waals surface area contributed by atoms with E-state index in [2.05, 4.69) is 19.4 Å². The number of halogens is 3. The molecule has 0 bridgehead atoms. The van der Waals surface area contributed by atoms with E-state index in [0.717, 1.165) is 17.3 Å². The van der Waals surface area contributed by atoms with Crippen LogP contribution >= 0.6 is 23.2 Å². The van der Waals surface area contributed by atoms with Crippen LogP contribution < -0.4 is 14.4 Å². The molecule has 3 aromatic carbocycles. The highest BCUT2D eigenvalue weighted by Crippen LogP contribution is 2.51. The first-order valence-corrected chi connectivity index (χ1v) is 16.8. The fourth-order valence-corrected chi connectivity index (χ4v) is 7.72. The van der Waals surface area contributed by atoms with Gasteiger partial charge < -0.3 is 33.4 Å². The molecule has 5 aromatic rings. The molecule has 3 aliphatic heterocycles.